The Bertz CT molecular complexity index is 807. The highest BCUT2D eigenvalue weighted by Gasteiger charge is 2.48. The average molecular weight is 375 g/mol. The van der Waals surface area contributed by atoms with Gasteiger partial charge in [0.2, 0.25) is 0 Å². The molecule has 0 spiro atoms. The van der Waals surface area contributed by atoms with Crippen molar-refractivity contribution >= 4 is 23.5 Å². The van der Waals surface area contributed by atoms with Crippen LogP contribution in [0.1, 0.15) is 12.5 Å². The smallest absolute Gasteiger partial charge is 0.325 e. The van der Waals surface area contributed by atoms with E-state index in [9.17, 15) is 9.59 Å². The first-order chi connectivity index (χ1) is 12.4. The summed E-state index contributed by atoms with van der Waals surface area (Å²) in [5.74, 6) is 1.05. The van der Waals surface area contributed by atoms with Crippen molar-refractivity contribution in [3.05, 3.63) is 59.1 Å². The molecule has 1 N–H and O–H groups in total. The van der Waals surface area contributed by atoms with Crippen LogP contribution in [0.25, 0.3) is 0 Å². The molecule has 0 bridgehead atoms. The first kappa shape index (κ1) is 18.1. The van der Waals surface area contributed by atoms with Gasteiger partial charge in [0.15, 0.2) is 0 Å². The molecule has 0 aromatic heterocycles. The summed E-state index contributed by atoms with van der Waals surface area (Å²) in [5.41, 5.74) is -0.430. The van der Waals surface area contributed by atoms with E-state index in [4.69, 9.17) is 21.1 Å². The molecule has 1 fully saturated rings. The number of rotatable bonds is 6. The van der Waals surface area contributed by atoms with Gasteiger partial charge in [0, 0.05) is 5.02 Å². The second-order valence-electron chi connectivity index (χ2n) is 6.04. The summed E-state index contributed by atoms with van der Waals surface area (Å²) in [4.78, 5) is 26.2. The molecule has 0 saturated carbocycles. The molecule has 2 aromatic carbocycles. The van der Waals surface area contributed by atoms with Gasteiger partial charge in [0.1, 0.15) is 23.6 Å². The number of nitrogens with one attached hydrogen (secondary N) is 1. The van der Waals surface area contributed by atoms with Gasteiger partial charge in [0.25, 0.3) is 5.91 Å². The normalized spacial score (nSPS) is 19.4. The summed E-state index contributed by atoms with van der Waals surface area (Å²) < 4.78 is 10.7. The first-order valence-corrected chi connectivity index (χ1v) is 8.49. The number of halogens is 1. The lowest BCUT2D eigenvalue weighted by Gasteiger charge is -2.22. The standard InChI is InChI=1S/C19H19ClN2O4/c1-19(13-3-5-14(20)6-4-13)17(23)22(18(24)21-19)11-12-26-16-9-7-15(25-2)8-10-16/h3-10H,11-12H2,1-2H3,(H,21,24)/t19-/m1/s1. The third kappa shape index (κ3) is 3.46. The minimum Gasteiger partial charge on any atom is -0.497 e. The van der Waals surface area contributed by atoms with E-state index < -0.39 is 11.6 Å². The lowest BCUT2D eigenvalue weighted by molar-refractivity contribution is -0.131. The Kier molecular flexibility index (Phi) is 5.04. The summed E-state index contributed by atoms with van der Waals surface area (Å²) in [6.07, 6.45) is 0. The van der Waals surface area contributed by atoms with Crippen LogP contribution in [0.5, 0.6) is 11.5 Å². The summed E-state index contributed by atoms with van der Waals surface area (Å²) in [5, 5.41) is 3.32. The highest BCUT2D eigenvalue weighted by Crippen LogP contribution is 2.29. The van der Waals surface area contributed by atoms with Gasteiger partial charge in [-0.1, -0.05) is 23.7 Å². The van der Waals surface area contributed by atoms with Gasteiger partial charge in [-0.3, -0.25) is 9.69 Å². The molecular weight excluding hydrogens is 356 g/mol. The fourth-order valence-electron chi connectivity index (χ4n) is 2.81. The van der Waals surface area contributed by atoms with Crippen molar-refractivity contribution in [3.8, 4) is 11.5 Å². The van der Waals surface area contributed by atoms with E-state index in [1.165, 1.54) is 0 Å². The van der Waals surface area contributed by atoms with Crippen LogP contribution in [0.2, 0.25) is 5.02 Å². The molecule has 26 heavy (non-hydrogen) atoms. The van der Waals surface area contributed by atoms with E-state index in [2.05, 4.69) is 5.32 Å². The molecule has 0 unspecified atom stereocenters. The number of benzene rings is 2. The maximum atomic E-state index is 12.8. The van der Waals surface area contributed by atoms with Crippen LogP contribution in [0.15, 0.2) is 48.5 Å². The lowest BCUT2D eigenvalue weighted by Crippen LogP contribution is -2.41. The Morgan fingerprint density at radius 1 is 1.04 bits per heavy atom. The fourth-order valence-corrected chi connectivity index (χ4v) is 2.93. The minimum absolute atomic E-state index is 0.153. The molecule has 136 valence electrons. The van der Waals surface area contributed by atoms with Crippen LogP contribution in [0.3, 0.4) is 0 Å². The van der Waals surface area contributed by atoms with Crippen molar-refractivity contribution < 1.29 is 19.1 Å². The number of carbonyl (C=O) groups is 2. The van der Waals surface area contributed by atoms with E-state index in [0.717, 1.165) is 10.6 Å². The Morgan fingerprint density at radius 2 is 1.65 bits per heavy atom. The Balaban J connectivity index is 1.64. The van der Waals surface area contributed by atoms with Crippen LogP contribution in [0.4, 0.5) is 4.79 Å². The number of methoxy groups -OCH3 is 1. The van der Waals surface area contributed by atoms with Gasteiger partial charge in [-0.2, -0.15) is 0 Å². The second kappa shape index (κ2) is 7.25. The number of carbonyl (C=O) groups excluding carboxylic acids is 2. The second-order valence-corrected chi connectivity index (χ2v) is 6.48. The van der Waals surface area contributed by atoms with Crippen molar-refractivity contribution in [2.45, 2.75) is 12.5 Å². The number of hydrogen-bond acceptors (Lipinski definition) is 4. The minimum atomic E-state index is -1.11. The van der Waals surface area contributed by atoms with Crippen LogP contribution >= 0.6 is 11.6 Å². The fraction of sp³-hybridized carbons (Fsp3) is 0.263. The maximum Gasteiger partial charge on any atom is 0.325 e. The van der Waals surface area contributed by atoms with Gasteiger partial charge in [-0.25, -0.2) is 4.79 Å². The molecular formula is C19H19ClN2O4. The van der Waals surface area contributed by atoms with Crippen LogP contribution in [-0.4, -0.2) is 37.1 Å². The van der Waals surface area contributed by atoms with Gasteiger partial charge in [0.05, 0.1) is 13.7 Å². The molecule has 0 aliphatic carbocycles. The third-order valence-electron chi connectivity index (χ3n) is 4.34. The number of amides is 3. The van der Waals surface area contributed by atoms with E-state index in [-0.39, 0.29) is 19.1 Å². The van der Waals surface area contributed by atoms with Crippen molar-refractivity contribution in [1.82, 2.24) is 10.2 Å². The highest BCUT2D eigenvalue weighted by molar-refractivity contribution is 6.30. The number of hydrogen-bond donors (Lipinski definition) is 1. The van der Waals surface area contributed by atoms with Crippen LogP contribution in [-0.2, 0) is 10.3 Å². The SMILES string of the molecule is COc1ccc(OCCN2C(=O)N[C@](C)(c3ccc(Cl)cc3)C2=O)cc1. The van der Waals surface area contributed by atoms with Crippen LogP contribution in [0, 0.1) is 0 Å². The molecule has 1 aliphatic heterocycles. The van der Waals surface area contributed by atoms with Crippen molar-refractivity contribution in [2.75, 3.05) is 20.3 Å². The van der Waals surface area contributed by atoms with E-state index in [1.54, 1.807) is 62.6 Å². The quantitative estimate of drug-likeness (QED) is 0.788. The predicted octanol–water partition coefficient (Wildman–Crippen LogP) is 3.19. The van der Waals surface area contributed by atoms with Gasteiger partial charge in [-0.15, -0.1) is 0 Å². The Labute approximate surface area is 156 Å². The monoisotopic (exact) mass is 374 g/mol. The topological polar surface area (TPSA) is 67.9 Å². The van der Waals surface area contributed by atoms with Gasteiger partial charge in [-0.05, 0) is 48.9 Å². The van der Waals surface area contributed by atoms with E-state index in [1.807, 2.05) is 0 Å². The largest absolute Gasteiger partial charge is 0.497 e. The molecule has 1 heterocycles. The Morgan fingerprint density at radius 3 is 2.27 bits per heavy atom. The zero-order valence-corrected chi connectivity index (χ0v) is 15.2. The van der Waals surface area contributed by atoms with Crippen molar-refractivity contribution in [3.63, 3.8) is 0 Å². The number of urea groups is 1. The van der Waals surface area contributed by atoms with Crippen molar-refractivity contribution in [1.29, 1.82) is 0 Å². The van der Waals surface area contributed by atoms with Crippen molar-refractivity contribution in [2.24, 2.45) is 0 Å². The summed E-state index contributed by atoms with van der Waals surface area (Å²) in [6.45, 7) is 2.03. The van der Waals surface area contributed by atoms with E-state index in [0.29, 0.717) is 16.3 Å². The molecule has 3 amide bonds. The molecule has 3 rings (SSSR count). The zero-order chi connectivity index (χ0) is 18.7. The maximum absolute atomic E-state index is 12.8. The van der Waals surface area contributed by atoms with Crippen LogP contribution < -0.4 is 14.8 Å². The summed E-state index contributed by atoms with van der Waals surface area (Å²) in [6, 6.07) is 13.5. The zero-order valence-electron chi connectivity index (χ0n) is 14.5. The third-order valence-corrected chi connectivity index (χ3v) is 4.59. The molecule has 0 radical (unpaired) electrons. The molecule has 2 aromatic rings. The summed E-state index contributed by atoms with van der Waals surface area (Å²) >= 11 is 5.90. The van der Waals surface area contributed by atoms with Gasteiger partial charge < -0.3 is 14.8 Å². The molecule has 1 atom stereocenters. The van der Waals surface area contributed by atoms with Gasteiger partial charge >= 0.3 is 6.03 Å². The number of imide groups is 1. The molecule has 7 heteroatoms. The average Bonchev–Trinajstić information content (AvgIpc) is 2.86. The molecule has 1 saturated heterocycles. The first-order valence-electron chi connectivity index (χ1n) is 8.11. The molecule has 6 nitrogen and oxygen atoms in total. The number of nitrogens with zero attached hydrogens (tertiary/aromatic N) is 1. The highest BCUT2D eigenvalue weighted by atomic mass is 35.5. The predicted molar refractivity (Wildman–Crippen MR) is 97.5 cm³/mol. The Hall–Kier alpha value is -2.73. The molecule has 1 aliphatic rings. The van der Waals surface area contributed by atoms with E-state index >= 15 is 0 Å². The lowest BCUT2D eigenvalue weighted by atomic mass is 9.92. The number of ether oxygens (including phenoxy) is 2. The summed E-state index contributed by atoms with van der Waals surface area (Å²) in [7, 11) is 1.59.